The topological polar surface area (TPSA) is 34.1 Å². The second-order valence-electron chi connectivity index (χ2n) is 5.15. The van der Waals surface area contributed by atoms with Gasteiger partial charge in [-0.1, -0.05) is 26.0 Å². The average molecular weight is 427 g/mol. The van der Waals surface area contributed by atoms with Crippen LogP contribution in [0.3, 0.4) is 0 Å². The molecule has 3 aromatic rings. The van der Waals surface area contributed by atoms with E-state index >= 15 is 0 Å². The number of nitrogens with one attached hydrogen (secondary N) is 1. The number of rotatable bonds is 3. The number of nitrogens with zero attached hydrogens (tertiary/aromatic N) is 1. The highest BCUT2D eigenvalue weighted by Crippen LogP contribution is 2.32. The van der Waals surface area contributed by atoms with Crippen LogP contribution in [0.5, 0.6) is 5.75 Å². The molecule has 3 rings (SSSR count). The van der Waals surface area contributed by atoms with Gasteiger partial charge in [0.2, 0.25) is 0 Å². The molecule has 1 heterocycles. The molecule has 0 unspecified atom stereocenters. The summed E-state index contributed by atoms with van der Waals surface area (Å²) >= 11 is 3.56. The second kappa shape index (κ2) is 8.40. The third-order valence-electron chi connectivity index (χ3n) is 3.42. The summed E-state index contributed by atoms with van der Waals surface area (Å²) in [6, 6.07) is 11.3. The lowest BCUT2D eigenvalue weighted by atomic mass is 10.1. The van der Waals surface area contributed by atoms with Crippen molar-refractivity contribution in [2.75, 3.05) is 5.32 Å². The average Bonchev–Trinajstić information content (AvgIpc) is 2.61. The van der Waals surface area contributed by atoms with Crippen molar-refractivity contribution < 1.29 is 17.9 Å². The first kappa shape index (κ1) is 20.0. The van der Waals surface area contributed by atoms with Crippen molar-refractivity contribution in [3.05, 3.63) is 58.7 Å². The lowest BCUT2D eigenvalue weighted by molar-refractivity contribution is -0.274. The summed E-state index contributed by atoms with van der Waals surface area (Å²) in [4.78, 5) is 4.31. The van der Waals surface area contributed by atoms with Crippen LogP contribution in [0.2, 0.25) is 0 Å². The Morgan fingerprint density at radius 2 is 1.62 bits per heavy atom. The number of anilines is 2. The van der Waals surface area contributed by atoms with Crippen LogP contribution in [0.25, 0.3) is 10.8 Å². The van der Waals surface area contributed by atoms with Gasteiger partial charge in [0, 0.05) is 27.1 Å². The summed E-state index contributed by atoms with van der Waals surface area (Å²) in [7, 11) is 0. The number of aryl methyl sites for hydroxylation is 1. The second-order valence-corrected chi connectivity index (χ2v) is 5.94. The molecule has 0 fully saturated rings. The Kier molecular flexibility index (Phi) is 6.47. The van der Waals surface area contributed by atoms with E-state index in [1.54, 1.807) is 6.20 Å². The predicted molar refractivity (Wildman–Crippen MR) is 102 cm³/mol. The third kappa shape index (κ3) is 4.88. The van der Waals surface area contributed by atoms with Gasteiger partial charge in [-0.3, -0.25) is 0 Å². The molecule has 0 aliphatic heterocycles. The van der Waals surface area contributed by atoms with Crippen LogP contribution in [0.1, 0.15) is 19.4 Å². The molecule has 0 amide bonds. The molecule has 0 saturated carbocycles. The Labute approximate surface area is 158 Å². The summed E-state index contributed by atoms with van der Waals surface area (Å²) in [5.41, 5.74) is 1.72. The van der Waals surface area contributed by atoms with E-state index in [9.17, 15) is 13.2 Å². The molecule has 2 aromatic carbocycles. The van der Waals surface area contributed by atoms with Crippen LogP contribution in [0.15, 0.2) is 53.1 Å². The molecular weight excluding hydrogens is 409 g/mol. The monoisotopic (exact) mass is 426 g/mol. The quantitative estimate of drug-likeness (QED) is 0.490. The number of benzene rings is 2. The van der Waals surface area contributed by atoms with E-state index < -0.39 is 6.36 Å². The molecular formula is C19H18BrF3N2O. The van der Waals surface area contributed by atoms with E-state index in [-0.39, 0.29) is 5.75 Å². The maximum atomic E-state index is 12.2. The van der Waals surface area contributed by atoms with Crippen molar-refractivity contribution in [2.45, 2.75) is 27.1 Å². The van der Waals surface area contributed by atoms with Gasteiger partial charge in [0.15, 0.2) is 0 Å². The van der Waals surface area contributed by atoms with Gasteiger partial charge in [0.25, 0.3) is 0 Å². The zero-order valence-corrected chi connectivity index (χ0v) is 16.1. The molecule has 138 valence electrons. The molecule has 0 aliphatic rings. The zero-order valence-electron chi connectivity index (χ0n) is 14.5. The lowest BCUT2D eigenvalue weighted by Gasteiger charge is -2.12. The van der Waals surface area contributed by atoms with Crippen molar-refractivity contribution in [1.29, 1.82) is 0 Å². The molecule has 0 atom stereocenters. The minimum absolute atomic E-state index is 0.266. The highest BCUT2D eigenvalue weighted by atomic mass is 79.9. The van der Waals surface area contributed by atoms with E-state index in [1.165, 1.54) is 24.3 Å². The normalized spacial score (nSPS) is 10.9. The van der Waals surface area contributed by atoms with E-state index in [2.05, 4.69) is 31.0 Å². The molecule has 0 saturated heterocycles. The smallest absolute Gasteiger partial charge is 0.406 e. The van der Waals surface area contributed by atoms with E-state index in [1.807, 2.05) is 39.0 Å². The molecule has 1 N–H and O–H groups in total. The number of fused-ring (bicyclic) bond motifs is 1. The summed E-state index contributed by atoms with van der Waals surface area (Å²) in [5.74, 6) is 0.356. The SMILES string of the molecule is CC.Cc1ccc2c(Nc3ccc(OC(F)(F)F)cc3)nccc2c1Br. The number of ether oxygens (including phenoxy) is 1. The molecule has 3 nitrogen and oxygen atoms in total. The minimum atomic E-state index is -4.70. The van der Waals surface area contributed by atoms with Crippen LogP contribution in [-0.2, 0) is 0 Å². The van der Waals surface area contributed by atoms with Gasteiger partial charge >= 0.3 is 6.36 Å². The number of alkyl halides is 3. The number of pyridine rings is 1. The van der Waals surface area contributed by atoms with E-state index in [0.29, 0.717) is 11.5 Å². The maximum Gasteiger partial charge on any atom is 0.573 e. The van der Waals surface area contributed by atoms with Crippen molar-refractivity contribution in [3.8, 4) is 5.75 Å². The molecule has 0 radical (unpaired) electrons. The standard InChI is InChI=1S/C17H12BrF3N2O.C2H6/c1-10-2-7-14-13(15(10)18)8-9-22-16(14)23-11-3-5-12(6-4-11)24-17(19,20)21;1-2/h2-9H,1H3,(H,22,23);1-2H3. The van der Waals surface area contributed by atoms with E-state index in [4.69, 9.17) is 0 Å². The van der Waals surface area contributed by atoms with Gasteiger partial charge in [0.1, 0.15) is 11.6 Å². The van der Waals surface area contributed by atoms with Gasteiger partial charge in [-0.05, 0) is 58.7 Å². The van der Waals surface area contributed by atoms with E-state index in [0.717, 1.165) is 20.8 Å². The summed E-state index contributed by atoms with van der Waals surface area (Å²) in [6.07, 6.45) is -3.02. The fourth-order valence-corrected chi connectivity index (χ4v) is 2.78. The lowest BCUT2D eigenvalue weighted by Crippen LogP contribution is -2.16. The van der Waals surface area contributed by atoms with Gasteiger partial charge in [0.05, 0.1) is 0 Å². The predicted octanol–water partition coefficient (Wildman–Crippen LogP) is 6.97. The van der Waals surface area contributed by atoms with Gasteiger partial charge in [-0.25, -0.2) is 4.98 Å². The number of halogens is 4. The molecule has 0 aliphatic carbocycles. The highest BCUT2D eigenvalue weighted by Gasteiger charge is 2.30. The first-order valence-corrected chi connectivity index (χ1v) is 8.79. The Morgan fingerprint density at radius 3 is 2.23 bits per heavy atom. The Morgan fingerprint density at radius 1 is 0.962 bits per heavy atom. The Bertz CT molecular complexity index is 880. The summed E-state index contributed by atoms with van der Waals surface area (Å²) < 4.78 is 41.4. The Hall–Kier alpha value is -2.28. The molecule has 1 aromatic heterocycles. The van der Waals surface area contributed by atoms with Gasteiger partial charge < -0.3 is 10.1 Å². The number of aromatic nitrogens is 1. The maximum absolute atomic E-state index is 12.2. The summed E-state index contributed by atoms with van der Waals surface area (Å²) in [5, 5.41) is 5.03. The van der Waals surface area contributed by atoms with Crippen LogP contribution in [-0.4, -0.2) is 11.3 Å². The van der Waals surface area contributed by atoms with Crippen molar-refractivity contribution in [2.24, 2.45) is 0 Å². The van der Waals surface area contributed by atoms with Crippen LogP contribution in [0.4, 0.5) is 24.7 Å². The molecule has 7 heteroatoms. The number of hydrogen-bond donors (Lipinski definition) is 1. The van der Waals surface area contributed by atoms with Crippen LogP contribution >= 0.6 is 15.9 Å². The fraction of sp³-hybridized carbons (Fsp3) is 0.211. The molecule has 0 spiro atoms. The first-order chi connectivity index (χ1) is 12.3. The summed E-state index contributed by atoms with van der Waals surface area (Å²) in [6.45, 7) is 6.00. The van der Waals surface area contributed by atoms with Crippen LogP contribution in [0, 0.1) is 6.92 Å². The Balaban J connectivity index is 0.00000117. The minimum Gasteiger partial charge on any atom is -0.406 e. The highest BCUT2D eigenvalue weighted by molar-refractivity contribution is 9.10. The van der Waals surface area contributed by atoms with Crippen LogP contribution < -0.4 is 10.1 Å². The number of hydrogen-bond acceptors (Lipinski definition) is 3. The first-order valence-electron chi connectivity index (χ1n) is 8.00. The van der Waals surface area contributed by atoms with Crippen molar-refractivity contribution in [1.82, 2.24) is 4.98 Å². The zero-order chi connectivity index (χ0) is 19.3. The van der Waals surface area contributed by atoms with Gasteiger partial charge in [-0.2, -0.15) is 0 Å². The molecule has 0 bridgehead atoms. The van der Waals surface area contributed by atoms with Gasteiger partial charge in [-0.15, -0.1) is 13.2 Å². The largest absolute Gasteiger partial charge is 0.573 e. The third-order valence-corrected chi connectivity index (χ3v) is 4.48. The van der Waals surface area contributed by atoms with Crippen molar-refractivity contribution in [3.63, 3.8) is 0 Å². The molecule has 26 heavy (non-hydrogen) atoms. The fourth-order valence-electron chi connectivity index (χ4n) is 2.30. The van der Waals surface area contributed by atoms with Crippen molar-refractivity contribution >= 4 is 38.2 Å².